The Kier molecular flexibility index (Phi) is 3.36. The molecule has 2 N–H and O–H groups in total. The number of amides is 1. The predicted octanol–water partition coefficient (Wildman–Crippen LogP) is 2.18. The normalized spacial score (nSPS) is 10.3. The molecule has 0 fully saturated rings. The number of hydrogen-bond acceptors (Lipinski definition) is 2. The lowest BCUT2D eigenvalue weighted by Gasteiger charge is -2.08. The number of phenols is 1. The molecule has 0 bridgehead atoms. The van der Waals surface area contributed by atoms with Crippen LogP contribution in [0.3, 0.4) is 0 Å². The Morgan fingerprint density at radius 3 is 2.64 bits per heavy atom. The molecule has 0 spiro atoms. The number of phenolic OH excluding ortho intramolecular Hbond substituents is 1. The summed E-state index contributed by atoms with van der Waals surface area (Å²) in [6, 6.07) is 4.44. The fraction of sp³-hybridized carbons (Fsp3) is 0.300. The minimum absolute atomic E-state index is 0.0206. The van der Waals surface area contributed by atoms with Gasteiger partial charge in [-0.2, -0.15) is 0 Å². The number of aromatic hydroxyl groups is 1. The summed E-state index contributed by atoms with van der Waals surface area (Å²) in [7, 11) is 0. The molecule has 0 aliphatic rings. The molecule has 1 aromatic rings. The maximum Gasteiger partial charge on any atom is 0.251 e. The molecule has 0 saturated carbocycles. The summed E-state index contributed by atoms with van der Waals surface area (Å²) in [6.07, 6.45) is 0. The summed E-state index contributed by atoms with van der Waals surface area (Å²) < 4.78 is 0. The third kappa shape index (κ3) is 2.64. The van der Waals surface area contributed by atoms with Gasteiger partial charge in [-0.3, -0.25) is 4.79 Å². The van der Waals surface area contributed by atoms with E-state index < -0.39 is 0 Å². The van der Waals surface area contributed by atoms with E-state index in [1.165, 1.54) is 18.2 Å². The second kappa shape index (κ2) is 4.33. The van der Waals surface area contributed by atoms with Crippen molar-refractivity contribution in [3.8, 4) is 5.75 Å². The van der Waals surface area contributed by atoms with Crippen molar-refractivity contribution in [2.45, 2.75) is 19.9 Å². The van der Waals surface area contributed by atoms with E-state index >= 15 is 0 Å². The molecule has 0 saturated heterocycles. The average molecular weight is 214 g/mol. The molecule has 0 heterocycles. The molecule has 0 aromatic heterocycles. The lowest BCUT2D eigenvalue weighted by molar-refractivity contribution is 0.0943. The van der Waals surface area contributed by atoms with Gasteiger partial charge in [-0.25, -0.2) is 0 Å². The van der Waals surface area contributed by atoms with Crippen molar-refractivity contribution in [3.63, 3.8) is 0 Å². The van der Waals surface area contributed by atoms with Gasteiger partial charge in [0.15, 0.2) is 0 Å². The number of rotatable bonds is 2. The number of halogens is 1. The van der Waals surface area contributed by atoms with Gasteiger partial charge in [0.25, 0.3) is 5.91 Å². The van der Waals surface area contributed by atoms with Crippen LogP contribution in [0, 0.1) is 0 Å². The van der Waals surface area contributed by atoms with E-state index in [9.17, 15) is 4.79 Å². The van der Waals surface area contributed by atoms with E-state index in [0.717, 1.165) is 0 Å². The SMILES string of the molecule is CC(C)NC(=O)c1ccc(O)c(Cl)c1. The maximum atomic E-state index is 11.5. The average Bonchev–Trinajstić information content (AvgIpc) is 2.08. The van der Waals surface area contributed by atoms with Crippen molar-refractivity contribution in [2.24, 2.45) is 0 Å². The molecule has 76 valence electrons. The van der Waals surface area contributed by atoms with Gasteiger partial charge in [0.1, 0.15) is 5.75 Å². The van der Waals surface area contributed by atoms with Gasteiger partial charge in [-0.15, -0.1) is 0 Å². The van der Waals surface area contributed by atoms with Crippen LogP contribution in [0.2, 0.25) is 5.02 Å². The van der Waals surface area contributed by atoms with Crippen molar-refractivity contribution < 1.29 is 9.90 Å². The fourth-order valence-electron chi connectivity index (χ4n) is 0.994. The molecular weight excluding hydrogens is 202 g/mol. The molecule has 14 heavy (non-hydrogen) atoms. The Labute approximate surface area is 87.7 Å². The topological polar surface area (TPSA) is 49.3 Å². The lowest BCUT2D eigenvalue weighted by atomic mass is 10.2. The van der Waals surface area contributed by atoms with Crippen LogP contribution in [0.15, 0.2) is 18.2 Å². The Bertz CT molecular complexity index is 350. The third-order valence-corrected chi connectivity index (χ3v) is 1.93. The minimum atomic E-state index is -0.193. The molecule has 1 aromatic carbocycles. The van der Waals surface area contributed by atoms with E-state index in [1.807, 2.05) is 13.8 Å². The summed E-state index contributed by atoms with van der Waals surface area (Å²) in [5, 5.41) is 12.1. The summed E-state index contributed by atoms with van der Waals surface area (Å²) in [5.41, 5.74) is 0.446. The van der Waals surface area contributed by atoms with Gasteiger partial charge < -0.3 is 10.4 Å². The van der Waals surface area contributed by atoms with Crippen molar-refractivity contribution in [2.75, 3.05) is 0 Å². The van der Waals surface area contributed by atoms with Crippen LogP contribution in [0.25, 0.3) is 0 Å². The predicted molar refractivity (Wildman–Crippen MR) is 55.7 cm³/mol. The van der Waals surface area contributed by atoms with Gasteiger partial charge in [0.05, 0.1) is 5.02 Å². The zero-order valence-corrected chi connectivity index (χ0v) is 8.80. The highest BCUT2D eigenvalue weighted by molar-refractivity contribution is 6.32. The molecular formula is C10H12ClNO2. The Balaban J connectivity index is 2.86. The second-order valence-corrected chi connectivity index (χ2v) is 3.70. The summed E-state index contributed by atoms with van der Waals surface area (Å²) in [4.78, 5) is 11.5. The van der Waals surface area contributed by atoms with Crippen LogP contribution < -0.4 is 5.32 Å². The Morgan fingerprint density at radius 1 is 1.50 bits per heavy atom. The highest BCUT2D eigenvalue weighted by Gasteiger charge is 2.08. The van der Waals surface area contributed by atoms with Gasteiger partial charge in [0.2, 0.25) is 0 Å². The van der Waals surface area contributed by atoms with Crippen LogP contribution in [0.4, 0.5) is 0 Å². The first-order valence-electron chi connectivity index (χ1n) is 4.30. The third-order valence-electron chi connectivity index (χ3n) is 1.63. The Hall–Kier alpha value is -1.22. The molecule has 4 heteroatoms. The quantitative estimate of drug-likeness (QED) is 0.791. The monoisotopic (exact) mass is 213 g/mol. The lowest BCUT2D eigenvalue weighted by Crippen LogP contribution is -2.29. The smallest absolute Gasteiger partial charge is 0.251 e. The van der Waals surface area contributed by atoms with Crippen LogP contribution in [0.5, 0.6) is 5.75 Å². The summed E-state index contributed by atoms with van der Waals surface area (Å²) >= 11 is 5.66. The summed E-state index contributed by atoms with van der Waals surface area (Å²) in [6.45, 7) is 3.75. The van der Waals surface area contributed by atoms with Crippen molar-refractivity contribution in [1.82, 2.24) is 5.32 Å². The first-order chi connectivity index (χ1) is 6.50. The van der Waals surface area contributed by atoms with Crippen LogP contribution in [-0.4, -0.2) is 17.1 Å². The summed E-state index contributed by atoms with van der Waals surface area (Å²) in [5.74, 6) is -0.213. The van der Waals surface area contributed by atoms with Crippen molar-refractivity contribution >= 4 is 17.5 Å². The first kappa shape index (κ1) is 10.9. The number of benzene rings is 1. The van der Waals surface area contributed by atoms with Gasteiger partial charge >= 0.3 is 0 Å². The van der Waals surface area contributed by atoms with E-state index in [1.54, 1.807) is 0 Å². The maximum absolute atomic E-state index is 11.5. The van der Waals surface area contributed by atoms with Gasteiger partial charge in [-0.1, -0.05) is 11.6 Å². The highest BCUT2D eigenvalue weighted by atomic mass is 35.5. The second-order valence-electron chi connectivity index (χ2n) is 3.29. The van der Waals surface area contributed by atoms with E-state index in [-0.39, 0.29) is 22.7 Å². The van der Waals surface area contributed by atoms with Crippen LogP contribution >= 0.6 is 11.6 Å². The molecule has 0 radical (unpaired) electrons. The highest BCUT2D eigenvalue weighted by Crippen LogP contribution is 2.23. The van der Waals surface area contributed by atoms with Gasteiger partial charge in [0, 0.05) is 11.6 Å². The molecule has 0 unspecified atom stereocenters. The largest absolute Gasteiger partial charge is 0.506 e. The minimum Gasteiger partial charge on any atom is -0.506 e. The molecule has 1 rings (SSSR count). The van der Waals surface area contributed by atoms with Crippen LogP contribution in [-0.2, 0) is 0 Å². The standard InChI is InChI=1S/C10H12ClNO2/c1-6(2)12-10(14)7-3-4-9(13)8(11)5-7/h3-6,13H,1-2H3,(H,12,14). The molecule has 0 aliphatic heterocycles. The fourth-order valence-corrected chi connectivity index (χ4v) is 1.17. The first-order valence-corrected chi connectivity index (χ1v) is 4.68. The number of nitrogens with one attached hydrogen (secondary N) is 1. The van der Waals surface area contributed by atoms with Crippen LogP contribution in [0.1, 0.15) is 24.2 Å². The molecule has 0 atom stereocenters. The van der Waals surface area contributed by atoms with Gasteiger partial charge in [-0.05, 0) is 32.0 Å². The number of carbonyl (C=O) groups is 1. The Morgan fingerprint density at radius 2 is 2.14 bits per heavy atom. The van der Waals surface area contributed by atoms with E-state index in [2.05, 4.69) is 5.32 Å². The van der Waals surface area contributed by atoms with Crippen molar-refractivity contribution in [3.05, 3.63) is 28.8 Å². The molecule has 3 nitrogen and oxygen atoms in total. The molecule has 1 amide bonds. The van der Waals surface area contributed by atoms with E-state index in [0.29, 0.717) is 5.56 Å². The number of hydrogen-bond donors (Lipinski definition) is 2. The zero-order valence-electron chi connectivity index (χ0n) is 8.04. The number of carbonyl (C=O) groups excluding carboxylic acids is 1. The molecule has 0 aliphatic carbocycles. The van der Waals surface area contributed by atoms with Crippen molar-refractivity contribution in [1.29, 1.82) is 0 Å². The van der Waals surface area contributed by atoms with E-state index in [4.69, 9.17) is 16.7 Å². The zero-order chi connectivity index (χ0) is 10.7.